The van der Waals surface area contributed by atoms with Gasteiger partial charge in [0, 0.05) is 12.5 Å². The van der Waals surface area contributed by atoms with Crippen molar-refractivity contribution in [2.75, 3.05) is 6.61 Å². The molecule has 0 saturated carbocycles. The SMILES string of the molecule is CC(C)COC(C)[C@H](C)NC(=O)C(C)C. The average molecular weight is 215 g/mol. The molecule has 0 rings (SSSR count). The first-order valence-corrected chi connectivity index (χ1v) is 5.76. The number of carbonyl (C=O) groups excluding carboxylic acids is 1. The molecule has 2 atom stereocenters. The van der Waals surface area contributed by atoms with Crippen LogP contribution < -0.4 is 5.32 Å². The standard InChI is InChI=1S/C12H25NO2/c1-8(2)7-15-11(6)10(5)13-12(14)9(3)4/h8-11H,7H2,1-6H3,(H,13,14)/t10-,11?/m0/s1. The Kier molecular flexibility index (Phi) is 6.57. The Labute approximate surface area is 93.6 Å². The van der Waals surface area contributed by atoms with Crippen LogP contribution in [0, 0.1) is 11.8 Å². The van der Waals surface area contributed by atoms with E-state index >= 15 is 0 Å². The zero-order valence-corrected chi connectivity index (χ0v) is 10.8. The van der Waals surface area contributed by atoms with E-state index in [9.17, 15) is 4.79 Å². The second-order valence-electron chi connectivity index (χ2n) is 4.88. The van der Waals surface area contributed by atoms with E-state index in [2.05, 4.69) is 19.2 Å². The molecule has 0 aromatic rings. The third-order valence-electron chi connectivity index (χ3n) is 2.29. The van der Waals surface area contributed by atoms with Gasteiger partial charge in [-0.1, -0.05) is 27.7 Å². The first kappa shape index (κ1) is 14.4. The Hall–Kier alpha value is -0.570. The number of hydrogen-bond acceptors (Lipinski definition) is 2. The summed E-state index contributed by atoms with van der Waals surface area (Å²) in [7, 11) is 0. The molecule has 0 heterocycles. The minimum Gasteiger partial charge on any atom is -0.376 e. The second-order valence-corrected chi connectivity index (χ2v) is 4.88. The fourth-order valence-electron chi connectivity index (χ4n) is 0.997. The minimum absolute atomic E-state index is 0.0322. The van der Waals surface area contributed by atoms with Crippen LogP contribution in [0.3, 0.4) is 0 Å². The Morgan fingerprint density at radius 2 is 1.67 bits per heavy atom. The lowest BCUT2D eigenvalue weighted by atomic mass is 10.1. The van der Waals surface area contributed by atoms with Crippen molar-refractivity contribution in [3.8, 4) is 0 Å². The van der Waals surface area contributed by atoms with E-state index in [0.29, 0.717) is 5.92 Å². The number of amides is 1. The van der Waals surface area contributed by atoms with Crippen LogP contribution in [-0.2, 0) is 9.53 Å². The van der Waals surface area contributed by atoms with Crippen LogP contribution in [0.15, 0.2) is 0 Å². The normalized spacial score (nSPS) is 15.5. The zero-order chi connectivity index (χ0) is 12.0. The van der Waals surface area contributed by atoms with Gasteiger partial charge in [-0.2, -0.15) is 0 Å². The van der Waals surface area contributed by atoms with E-state index in [0.717, 1.165) is 6.61 Å². The third kappa shape index (κ3) is 6.50. The number of rotatable bonds is 6. The van der Waals surface area contributed by atoms with Crippen molar-refractivity contribution in [2.45, 2.75) is 53.7 Å². The van der Waals surface area contributed by atoms with E-state index in [1.54, 1.807) is 0 Å². The minimum atomic E-state index is 0.0322. The maximum Gasteiger partial charge on any atom is 0.222 e. The van der Waals surface area contributed by atoms with Crippen LogP contribution in [0.1, 0.15) is 41.5 Å². The summed E-state index contributed by atoms with van der Waals surface area (Å²) in [4.78, 5) is 11.4. The summed E-state index contributed by atoms with van der Waals surface area (Å²) in [6.45, 7) is 12.7. The van der Waals surface area contributed by atoms with E-state index in [-0.39, 0.29) is 24.0 Å². The number of ether oxygens (including phenoxy) is 1. The summed E-state index contributed by atoms with van der Waals surface area (Å²) in [5.74, 6) is 0.646. The van der Waals surface area contributed by atoms with Crippen LogP contribution in [0.4, 0.5) is 0 Å². The Morgan fingerprint density at radius 3 is 2.07 bits per heavy atom. The van der Waals surface area contributed by atoms with Crippen molar-refractivity contribution in [3.63, 3.8) is 0 Å². The van der Waals surface area contributed by atoms with Gasteiger partial charge in [0.15, 0.2) is 0 Å². The smallest absolute Gasteiger partial charge is 0.222 e. The van der Waals surface area contributed by atoms with Gasteiger partial charge in [0.25, 0.3) is 0 Å². The molecule has 0 aromatic carbocycles. The van der Waals surface area contributed by atoms with Gasteiger partial charge < -0.3 is 10.1 Å². The van der Waals surface area contributed by atoms with Crippen molar-refractivity contribution in [1.29, 1.82) is 0 Å². The molecule has 1 N–H and O–H groups in total. The number of carbonyl (C=O) groups is 1. The fourth-order valence-corrected chi connectivity index (χ4v) is 0.997. The largest absolute Gasteiger partial charge is 0.376 e. The first-order valence-electron chi connectivity index (χ1n) is 5.76. The maximum atomic E-state index is 11.4. The van der Waals surface area contributed by atoms with Gasteiger partial charge >= 0.3 is 0 Å². The molecular formula is C12H25NO2. The highest BCUT2D eigenvalue weighted by Gasteiger charge is 2.17. The first-order chi connectivity index (χ1) is 6.84. The van der Waals surface area contributed by atoms with Gasteiger partial charge in [-0.05, 0) is 19.8 Å². The van der Waals surface area contributed by atoms with Crippen LogP contribution in [0.5, 0.6) is 0 Å². The van der Waals surface area contributed by atoms with Crippen molar-refractivity contribution < 1.29 is 9.53 Å². The maximum absolute atomic E-state index is 11.4. The third-order valence-corrected chi connectivity index (χ3v) is 2.29. The van der Waals surface area contributed by atoms with Gasteiger partial charge in [0.05, 0.1) is 12.1 Å². The van der Waals surface area contributed by atoms with Crippen molar-refractivity contribution >= 4 is 5.91 Å². The molecule has 15 heavy (non-hydrogen) atoms. The predicted molar refractivity (Wildman–Crippen MR) is 62.7 cm³/mol. The summed E-state index contributed by atoms with van der Waals surface area (Å²) in [6.07, 6.45) is 0.0649. The lowest BCUT2D eigenvalue weighted by molar-refractivity contribution is -0.125. The highest BCUT2D eigenvalue weighted by Crippen LogP contribution is 2.03. The molecule has 0 fully saturated rings. The molecular weight excluding hydrogens is 190 g/mol. The molecule has 0 aromatic heterocycles. The summed E-state index contributed by atoms with van der Waals surface area (Å²) in [6, 6.07) is 0.0682. The Balaban J connectivity index is 3.88. The molecule has 0 aliphatic heterocycles. The van der Waals surface area contributed by atoms with E-state index in [1.165, 1.54) is 0 Å². The average Bonchev–Trinajstić information content (AvgIpc) is 2.13. The fraction of sp³-hybridized carbons (Fsp3) is 0.917. The molecule has 90 valence electrons. The topological polar surface area (TPSA) is 38.3 Å². The predicted octanol–water partition coefficient (Wildman–Crippen LogP) is 2.21. The molecule has 1 unspecified atom stereocenters. The Morgan fingerprint density at radius 1 is 1.13 bits per heavy atom. The molecule has 3 heteroatoms. The van der Waals surface area contributed by atoms with Crippen molar-refractivity contribution in [2.24, 2.45) is 11.8 Å². The number of hydrogen-bond donors (Lipinski definition) is 1. The molecule has 0 radical (unpaired) electrons. The van der Waals surface area contributed by atoms with Crippen LogP contribution in [0.2, 0.25) is 0 Å². The van der Waals surface area contributed by atoms with Crippen LogP contribution in [-0.4, -0.2) is 24.7 Å². The molecule has 0 saturated heterocycles. The van der Waals surface area contributed by atoms with Crippen LogP contribution >= 0.6 is 0 Å². The molecule has 1 amide bonds. The highest BCUT2D eigenvalue weighted by molar-refractivity contribution is 5.78. The molecule has 0 spiro atoms. The zero-order valence-electron chi connectivity index (χ0n) is 10.8. The van der Waals surface area contributed by atoms with E-state index in [4.69, 9.17) is 4.74 Å². The second kappa shape index (κ2) is 6.83. The monoisotopic (exact) mass is 215 g/mol. The van der Waals surface area contributed by atoms with E-state index < -0.39 is 0 Å². The molecule has 0 aliphatic rings. The van der Waals surface area contributed by atoms with Crippen molar-refractivity contribution in [3.05, 3.63) is 0 Å². The number of nitrogens with one attached hydrogen (secondary N) is 1. The molecule has 3 nitrogen and oxygen atoms in total. The quantitative estimate of drug-likeness (QED) is 0.737. The lowest BCUT2D eigenvalue weighted by Crippen LogP contribution is -2.43. The summed E-state index contributed by atoms with van der Waals surface area (Å²) in [5, 5.41) is 2.94. The van der Waals surface area contributed by atoms with E-state index in [1.807, 2.05) is 27.7 Å². The summed E-state index contributed by atoms with van der Waals surface area (Å²) in [5.41, 5.74) is 0. The van der Waals surface area contributed by atoms with Gasteiger partial charge in [0.2, 0.25) is 5.91 Å². The lowest BCUT2D eigenvalue weighted by Gasteiger charge is -2.23. The summed E-state index contributed by atoms with van der Waals surface area (Å²) < 4.78 is 5.63. The van der Waals surface area contributed by atoms with Gasteiger partial charge in [-0.3, -0.25) is 4.79 Å². The molecule has 0 aliphatic carbocycles. The van der Waals surface area contributed by atoms with Gasteiger partial charge in [-0.15, -0.1) is 0 Å². The Bertz CT molecular complexity index is 190. The van der Waals surface area contributed by atoms with Crippen molar-refractivity contribution in [1.82, 2.24) is 5.32 Å². The summed E-state index contributed by atoms with van der Waals surface area (Å²) >= 11 is 0. The van der Waals surface area contributed by atoms with Gasteiger partial charge in [-0.25, -0.2) is 0 Å². The highest BCUT2D eigenvalue weighted by atomic mass is 16.5. The van der Waals surface area contributed by atoms with Crippen LogP contribution in [0.25, 0.3) is 0 Å². The van der Waals surface area contributed by atoms with Gasteiger partial charge in [0.1, 0.15) is 0 Å². The molecule has 0 bridgehead atoms.